The molecule has 1 atom stereocenters. The van der Waals surface area contributed by atoms with Crippen LogP contribution < -0.4 is 10.5 Å². The van der Waals surface area contributed by atoms with E-state index in [0.717, 1.165) is 11.3 Å². The van der Waals surface area contributed by atoms with Crippen molar-refractivity contribution in [1.82, 2.24) is 4.98 Å². The standard InChI is InChI=1S/C13H13N3O2S/c1-19(18)16-10-6-4-9(5-7-10)12-11(13(14)17)3-2-8-15-12/h2-8,16H,1H3,(H2,14,17). The average Bonchev–Trinajstić information content (AvgIpc) is 2.39. The molecular formula is C13H13N3O2S. The zero-order chi connectivity index (χ0) is 13.8. The van der Waals surface area contributed by atoms with E-state index in [4.69, 9.17) is 5.73 Å². The van der Waals surface area contributed by atoms with E-state index in [1.807, 2.05) is 0 Å². The van der Waals surface area contributed by atoms with E-state index < -0.39 is 16.9 Å². The van der Waals surface area contributed by atoms with Crippen LogP contribution in [0.15, 0.2) is 42.6 Å². The molecule has 0 spiro atoms. The van der Waals surface area contributed by atoms with Gasteiger partial charge in [-0.2, -0.15) is 0 Å². The van der Waals surface area contributed by atoms with Gasteiger partial charge in [0.05, 0.1) is 11.3 Å². The molecular weight excluding hydrogens is 262 g/mol. The molecule has 1 aromatic heterocycles. The maximum absolute atomic E-state index is 11.3. The molecule has 0 saturated carbocycles. The summed E-state index contributed by atoms with van der Waals surface area (Å²) in [4.78, 5) is 15.5. The van der Waals surface area contributed by atoms with Crippen LogP contribution in [0.3, 0.4) is 0 Å². The van der Waals surface area contributed by atoms with Gasteiger partial charge in [-0.1, -0.05) is 12.1 Å². The van der Waals surface area contributed by atoms with E-state index in [9.17, 15) is 9.00 Å². The van der Waals surface area contributed by atoms with Gasteiger partial charge in [-0.05, 0) is 24.3 Å². The zero-order valence-electron chi connectivity index (χ0n) is 10.3. The van der Waals surface area contributed by atoms with Crippen molar-refractivity contribution in [3.63, 3.8) is 0 Å². The molecule has 0 bridgehead atoms. The minimum atomic E-state index is -1.12. The number of carbonyl (C=O) groups excluding carboxylic acids is 1. The molecule has 0 aliphatic rings. The quantitative estimate of drug-likeness (QED) is 0.887. The van der Waals surface area contributed by atoms with Crippen molar-refractivity contribution in [3.8, 4) is 11.3 Å². The topological polar surface area (TPSA) is 85.1 Å². The predicted octanol–water partition coefficient (Wildman–Crippen LogP) is 1.55. The highest BCUT2D eigenvalue weighted by atomic mass is 32.2. The van der Waals surface area contributed by atoms with Crippen molar-refractivity contribution in [3.05, 3.63) is 48.2 Å². The van der Waals surface area contributed by atoms with Crippen molar-refractivity contribution in [2.24, 2.45) is 5.73 Å². The molecule has 19 heavy (non-hydrogen) atoms. The van der Waals surface area contributed by atoms with Gasteiger partial charge in [0.15, 0.2) is 0 Å². The summed E-state index contributed by atoms with van der Waals surface area (Å²) in [6.45, 7) is 0. The lowest BCUT2D eigenvalue weighted by Gasteiger charge is -2.07. The summed E-state index contributed by atoms with van der Waals surface area (Å²) in [5.74, 6) is -0.514. The van der Waals surface area contributed by atoms with Crippen molar-refractivity contribution in [2.45, 2.75) is 0 Å². The Morgan fingerprint density at radius 3 is 2.53 bits per heavy atom. The molecule has 3 N–H and O–H groups in total. The number of pyridine rings is 1. The molecule has 2 aromatic rings. The highest BCUT2D eigenvalue weighted by Crippen LogP contribution is 2.22. The Bertz CT molecular complexity index is 626. The lowest BCUT2D eigenvalue weighted by Crippen LogP contribution is -2.13. The minimum absolute atomic E-state index is 0.377. The largest absolute Gasteiger partial charge is 0.366 e. The van der Waals surface area contributed by atoms with Crippen molar-refractivity contribution < 1.29 is 9.00 Å². The maximum atomic E-state index is 11.3. The fraction of sp³-hybridized carbons (Fsp3) is 0.0769. The molecule has 98 valence electrons. The SMILES string of the molecule is CS(=O)Nc1ccc(-c2ncccc2C(N)=O)cc1. The molecule has 6 heteroatoms. The minimum Gasteiger partial charge on any atom is -0.366 e. The summed E-state index contributed by atoms with van der Waals surface area (Å²) < 4.78 is 13.8. The van der Waals surface area contributed by atoms with Gasteiger partial charge in [0, 0.05) is 23.7 Å². The van der Waals surface area contributed by atoms with E-state index in [0.29, 0.717) is 11.3 Å². The Balaban J connectivity index is 2.37. The van der Waals surface area contributed by atoms with Crippen LogP contribution >= 0.6 is 0 Å². The van der Waals surface area contributed by atoms with E-state index in [2.05, 4.69) is 9.71 Å². The van der Waals surface area contributed by atoms with Gasteiger partial charge in [0.2, 0.25) is 0 Å². The summed E-state index contributed by atoms with van der Waals surface area (Å²) in [6.07, 6.45) is 3.16. The number of carbonyl (C=O) groups is 1. The molecule has 1 unspecified atom stereocenters. The molecule has 5 nitrogen and oxygen atoms in total. The smallest absolute Gasteiger partial charge is 0.250 e. The van der Waals surface area contributed by atoms with E-state index in [1.54, 1.807) is 48.9 Å². The molecule has 0 saturated heterocycles. The summed E-state index contributed by atoms with van der Waals surface area (Å²) >= 11 is 0. The predicted molar refractivity (Wildman–Crippen MR) is 75.9 cm³/mol. The first kappa shape index (κ1) is 13.2. The number of rotatable bonds is 4. The second-order valence-corrected chi connectivity index (χ2v) is 5.01. The molecule has 1 aromatic carbocycles. The number of nitrogens with two attached hydrogens (primary N) is 1. The Hall–Kier alpha value is -2.21. The Kier molecular flexibility index (Phi) is 3.91. The number of nitrogens with one attached hydrogen (secondary N) is 1. The number of amides is 1. The Morgan fingerprint density at radius 1 is 1.26 bits per heavy atom. The lowest BCUT2D eigenvalue weighted by molar-refractivity contribution is 0.100. The van der Waals surface area contributed by atoms with Gasteiger partial charge >= 0.3 is 0 Å². The highest BCUT2D eigenvalue weighted by molar-refractivity contribution is 7.85. The number of primary amides is 1. The van der Waals surface area contributed by atoms with Crippen LogP contribution in [0.25, 0.3) is 11.3 Å². The number of aromatic nitrogens is 1. The molecule has 0 aliphatic heterocycles. The van der Waals surface area contributed by atoms with Crippen LogP contribution in [0.2, 0.25) is 0 Å². The third-order valence-electron chi connectivity index (χ3n) is 2.49. The number of anilines is 1. The van der Waals surface area contributed by atoms with Gasteiger partial charge in [0.1, 0.15) is 11.0 Å². The first-order valence-electron chi connectivity index (χ1n) is 5.53. The van der Waals surface area contributed by atoms with Crippen LogP contribution in [0.4, 0.5) is 5.69 Å². The van der Waals surface area contributed by atoms with Crippen LogP contribution in [0, 0.1) is 0 Å². The van der Waals surface area contributed by atoms with Crippen LogP contribution in [0.5, 0.6) is 0 Å². The Labute approximate surface area is 113 Å². The number of benzene rings is 1. The summed E-state index contributed by atoms with van der Waals surface area (Å²) in [5.41, 5.74) is 7.75. The fourth-order valence-corrected chi connectivity index (χ4v) is 2.16. The third-order valence-corrected chi connectivity index (χ3v) is 3.02. The van der Waals surface area contributed by atoms with Crippen LogP contribution in [-0.2, 0) is 11.0 Å². The van der Waals surface area contributed by atoms with E-state index in [1.165, 1.54) is 0 Å². The molecule has 0 fully saturated rings. The third kappa shape index (κ3) is 3.17. The molecule has 0 aliphatic carbocycles. The van der Waals surface area contributed by atoms with Gasteiger partial charge in [-0.3, -0.25) is 9.78 Å². The second kappa shape index (κ2) is 5.62. The van der Waals surface area contributed by atoms with Gasteiger partial charge < -0.3 is 10.5 Å². The number of hydrogen-bond acceptors (Lipinski definition) is 3. The molecule has 1 heterocycles. The normalized spacial score (nSPS) is 11.8. The van der Waals surface area contributed by atoms with Crippen LogP contribution in [-0.4, -0.2) is 21.4 Å². The first-order valence-corrected chi connectivity index (χ1v) is 7.09. The van der Waals surface area contributed by atoms with Gasteiger partial charge in [-0.25, -0.2) is 4.21 Å². The highest BCUT2D eigenvalue weighted by Gasteiger charge is 2.10. The summed E-state index contributed by atoms with van der Waals surface area (Å²) in [5, 5.41) is 0. The summed E-state index contributed by atoms with van der Waals surface area (Å²) in [7, 11) is -1.12. The molecule has 2 rings (SSSR count). The Morgan fingerprint density at radius 2 is 1.95 bits per heavy atom. The fourth-order valence-electron chi connectivity index (χ4n) is 1.70. The number of nitrogens with zero attached hydrogens (tertiary/aromatic N) is 1. The van der Waals surface area contributed by atoms with Crippen LogP contribution in [0.1, 0.15) is 10.4 Å². The van der Waals surface area contributed by atoms with Gasteiger partial charge in [-0.15, -0.1) is 0 Å². The van der Waals surface area contributed by atoms with E-state index in [-0.39, 0.29) is 0 Å². The summed E-state index contributed by atoms with van der Waals surface area (Å²) in [6, 6.07) is 10.4. The van der Waals surface area contributed by atoms with Crippen molar-refractivity contribution in [1.29, 1.82) is 0 Å². The van der Waals surface area contributed by atoms with Gasteiger partial charge in [0.25, 0.3) is 5.91 Å². The zero-order valence-corrected chi connectivity index (χ0v) is 11.1. The second-order valence-electron chi connectivity index (χ2n) is 3.90. The molecule has 1 amide bonds. The maximum Gasteiger partial charge on any atom is 0.250 e. The number of hydrogen-bond donors (Lipinski definition) is 2. The molecule has 0 radical (unpaired) electrons. The van der Waals surface area contributed by atoms with Crippen molar-refractivity contribution in [2.75, 3.05) is 11.0 Å². The monoisotopic (exact) mass is 275 g/mol. The first-order chi connectivity index (χ1) is 9.08. The van der Waals surface area contributed by atoms with Crippen molar-refractivity contribution >= 4 is 22.6 Å². The lowest BCUT2D eigenvalue weighted by atomic mass is 10.1. The average molecular weight is 275 g/mol. The van der Waals surface area contributed by atoms with E-state index >= 15 is 0 Å².